The van der Waals surface area contributed by atoms with E-state index in [1.54, 1.807) is 0 Å². The number of carbonyl (C=O) groups is 2. The third-order valence-electron chi connectivity index (χ3n) is 4.54. The van der Waals surface area contributed by atoms with Crippen LogP contribution in [0.4, 0.5) is 13.2 Å². The van der Waals surface area contributed by atoms with E-state index in [0.717, 1.165) is 16.0 Å². The molecule has 0 saturated carbocycles. The smallest absolute Gasteiger partial charge is 0.419 e. The number of rotatable bonds is 4. The second kappa shape index (κ2) is 7.99. The van der Waals surface area contributed by atoms with Gasteiger partial charge in [-0.3, -0.25) is 9.59 Å². The van der Waals surface area contributed by atoms with Crippen LogP contribution in [0.3, 0.4) is 0 Å². The summed E-state index contributed by atoms with van der Waals surface area (Å²) in [4.78, 5) is 24.2. The summed E-state index contributed by atoms with van der Waals surface area (Å²) in [6, 6.07) is 7.53. The molecule has 10 heteroatoms. The fraction of sp³-hybridized carbons (Fsp3) is 0.444. The van der Waals surface area contributed by atoms with Gasteiger partial charge in [0.25, 0.3) is 0 Å². The third-order valence-corrected chi connectivity index (χ3v) is 4.54. The van der Waals surface area contributed by atoms with Gasteiger partial charge in [0.15, 0.2) is 0 Å². The number of hydrogen-bond donors (Lipinski definition) is 1. The van der Waals surface area contributed by atoms with Crippen LogP contribution in [0.1, 0.15) is 24.3 Å². The van der Waals surface area contributed by atoms with Gasteiger partial charge in [0.1, 0.15) is 0 Å². The predicted octanol–water partition coefficient (Wildman–Crippen LogP) is 2.46. The molecule has 1 aromatic carbocycles. The third kappa shape index (κ3) is 4.68. The first-order valence-electron chi connectivity index (χ1n) is 8.77. The highest BCUT2D eigenvalue weighted by Gasteiger charge is 2.43. The summed E-state index contributed by atoms with van der Waals surface area (Å²) in [5.74, 6) is -2.06. The van der Waals surface area contributed by atoms with Crippen molar-refractivity contribution in [1.29, 1.82) is 0 Å². The maximum atomic E-state index is 12.5. The number of likely N-dealkylation sites (tertiary alicyclic amines) is 1. The molecule has 150 valence electrons. The highest BCUT2D eigenvalue weighted by Crippen LogP contribution is 2.24. The molecule has 1 N–H and O–H groups in total. The predicted molar refractivity (Wildman–Crippen MR) is 91.7 cm³/mol. The Morgan fingerprint density at radius 3 is 2.61 bits per heavy atom. The summed E-state index contributed by atoms with van der Waals surface area (Å²) in [7, 11) is 0. The first-order chi connectivity index (χ1) is 13.2. The molecule has 1 aromatic heterocycles. The zero-order valence-electron chi connectivity index (χ0n) is 15.1. The number of amides is 2. The van der Waals surface area contributed by atoms with E-state index >= 15 is 0 Å². The van der Waals surface area contributed by atoms with Gasteiger partial charge in [-0.2, -0.15) is 13.2 Å². The van der Waals surface area contributed by atoms with Gasteiger partial charge in [0.2, 0.25) is 17.7 Å². The van der Waals surface area contributed by atoms with Gasteiger partial charge >= 0.3 is 12.1 Å². The number of halogens is 3. The molecule has 3 rings (SSSR count). The van der Waals surface area contributed by atoms with E-state index in [4.69, 9.17) is 4.42 Å². The molecule has 1 aliphatic heterocycles. The van der Waals surface area contributed by atoms with Crippen molar-refractivity contribution in [2.24, 2.45) is 5.92 Å². The summed E-state index contributed by atoms with van der Waals surface area (Å²) in [5, 5.41) is 10.5. The number of piperidine rings is 1. The summed E-state index contributed by atoms with van der Waals surface area (Å²) in [6.07, 6.45) is -4.54. The Bertz CT molecular complexity index is 858. The number of nitrogens with zero attached hydrogens (tertiary/aromatic N) is 3. The van der Waals surface area contributed by atoms with Crippen LogP contribution in [0.25, 0.3) is 11.5 Å². The number of hydrogen-bond acceptors (Lipinski definition) is 5. The van der Waals surface area contributed by atoms with E-state index in [1.807, 2.05) is 31.2 Å². The SMILES string of the molecule is Cc1cccc(-c2nnc(CNC(=O)C3CCN(C(=O)C(F)(F)F)CC3)o2)c1. The number of aryl methyl sites for hydroxylation is 1. The Labute approximate surface area is 158 Å². The molecule has 2 aromatic rings. The Morgan fingerprint density at radius 2 is 1.96 bits per heavy atom. The maximum Gasteiger partial charge on any atom is 0.471 e. The standard InChI is InChI=1S/C18H19F3N4O3/c1-11-3-2-4-13(9-11)16-24-23-14(28-16)10-22-15(26)12-5-7-25(8-6-12)17(27)18(19,20)21/h2-4,9,12H,5-8,10H2,1H3,(H,22,26). The summed E-state index contributed by atoms with van der Waals surface area (Å²) in [6.45, 7) is 1.76. The lowest BCUT2D eigenvalue weighted by atomic mass is 9.96. The number of alkyl halides is 3. The zero-order valence-corrected chi connectivity index (χ0v) is 15.1. The van der Waals surface area contributed by atoms with E-state index in [1.165, 1.54) is 0 Å². The number of benzene rings is 1. The maximum absolute atomic E-state index is 12.5. The molecule has 0 unspecified atom stereocenters. The van der Waals surface area contributed by atoms with Crippen molar-refractivity contribution in [2.75, 3.05) is 13.1 Å². The van der Waals surface area contributed by atoms with Gasteiger partial charge in [-0.25, -0.2) is 0 Å². The molecule has 2 amide bonds. The minimum Gasteiger partial charge on any atom is -0.419 e. The molecule has 0 atom stereocenters. The Kier molecular flexibility index (Phi) is 5.66. The molecule has 0 radical (unpaired) electrons. The van der Waals surface area contributed by atoms with Crippen molar-refractivity contribution in [3.63, 3.8) is 0 Å². The van der Waals surface area contributed by atoms with Crippen molar-refractivity contribution in [1.82, 2.24) is 20.4 Å². The highest BCUT2D eigenvalue weighted by molar-refractivity contribution is 5.83. The molecule has 1 fully saturated rings. The van der Waals surface area contributed by atoms with Crippen LogP contribution >= 0.6 is 0 Å². The summed E-state index contributed by atoms with van der Waals surface area (Å²) in [5.41, 5.74) is 1.81. The topological polar surface area (TPSA) is 88.3 Å². The Balaban J connectivity index is 1.50. The van der Waals surface area contributed by atoms with E-state index in [0.29, 0.717) is 5.89 Å². The Hall–Kier alpha value is -2.91. The quantitative estimate of drug-likeness (QED) is 0.858. The minimum atomic E-state index is -4.89. The highest BCUT2D eigenvalue weighted by atomic mass is 19.4. The fourth-order valence-corrected chi connectivity index (χ4v) is 3.05. The van der Waals surface area contributed by atoms with Crippen molar-refractivity contribution in [2.45, 2.75) is 32.5 Å². The monoisotopic (exact) mass is 396 g/mol. The van der Waals surface area contributed by atoms with Gasteiger partial charge < -0.3 is 14.6 Å². The second-order valence-electron chi connectivity index (χ2n) is 6.65. The molecule has 1 saturated heterocycles. The van der Waals surface area contributed by atoms with E-state index in [2.05, 4.69) is 15.5 Å². The van der Waals surface area contributed by atoms with Gasteiger partial charge in [0.05, 0.1) is 6.54 Å². The van der Waals surface area contributed by atoms with Crippen molar-refractivity contribution < 1.29 is 27.2 Å². The van der Waals surface area contributed by atoms with Crippen LogP contribution in [-0.4, -0.2) is 46.2 Å². The molecule has 7 nitrogen and oxygen atoms in total. The molecule has 1 aliphatic rings. The van der Waals surface area contributed by atoms with Crippen molar-refractivity contribution >= 4 is 11.8 Å². The molecule has 0 bridgehead atoms. The second-order valence-corrected chi connectivity index (χ2v) is 6.65. The van der Waals surface area contributed by atoms with Gasteiger partial charge in [0, 0.05) is 24.6 Å². The van der Waals surface area contributed by atoms with E-state index in [-0.39, 0.29) is 44.3 Å². The van der Waals surface area contributed by atoms with E-state index in [9.17, 15) is 22.8 Å². The lowest BCUT2D eigenvalue weighted by Crippen LogP contribution is -2.47. The first kappa shape index (κ1) is 19.8. The molecule has 0 aliphatic carbocycles. The van der Waals surface area contributed by atoms with Crippen molar-refractivity contribution in [3.8, 4) is 11.5 Å². The molecule has 0 spiro atoms. The van der Waals surface area contributed by atoms with Crippen LogP contribution in [-0.2, 0) is 16.1 Å². The number of carbonyl (C=O) groups excluding carboxylic acids is 2. The normalized spacial score (nSPS) is 15.5. The number of aromatic nitrogens is 2. The molecular formula is C18H19F3N4O3. The van der Waals surface area contributed by atoms with Gasteiger partial charge in [-0.05, 0) is 31.9 Å². The Morgan fingerprint density at radius 1 is 1.25 bits per heavy atom. The first-order valence-corrected chi connectivity index (χ1v) is 8.77. The average Bonchev–Trinajstić information content (AvgIpc) is 3.14. The van der Waals surface area contributed by atoms with E-state index < -0.39 is 18.0 Å². The molecular weight excluding hydrogens is 377 g/mol. The van der Waals surface area contributed by atoms with Crippen LogP contribution in [0.15, 0.2) is 28.7 Å². The zero-order chi connectivity index (χ0) is 20.3. The van der Waals surface area contributed by atoms with Gasteiger partial charge in [-0.1, -0.05) is 17.7 Å². The average molecular weight is 396 g/mol. The fourth-order valence-electron chi connectivity index (χ4n) is 3.05. The number of nitrogens with one attached hydrogen (secondary N) is 1. The minimum absolute atomic E-state index is 0.0271. The van der Waals surface area contributed by atoms with Crippen LogP contribution in [0.2, 0.25) is 0 Å². The summed E-state index contributed by atoms with van der Waals surface area (Å²) < 4.78 is 42.9. The summed E-state index contributed by atoms with van der Waals surface area (Å²) >= 11 is 0. The van der Waals surface area contributed by atoms with Crippen LogP contribution in [0, 0.1) is 12.8 Å². The van der Waals surface area contributed by atoms with Crippen LogP contribution in [0.5, 0.6) is 0 Å². The molecule has 2 heterocycles. The molecule has 28 heavy (non-hydrogen) atoms. The van der Waals surface area contributed by atoms with Gasteiger partial charge in [-0.15, -0.1) is 10.2 Å². The lowest BCUT2D eigenvalue weighted by Gasteiger charge is -2.31. The van der Waals surface area contributed by atoms with Crippen molar-refractivity contribution in [3.05, 3.63) is 35.7 Å². The lowest BCUT2D eigenvalue weighted by molar-refractivity contribution is -0.186. The van der Waals surface area contributed by atoms with Crippen LogP contribution < -0.4 is 5.32 Å². The largest absolute Gasteiger partial charge is 0.471 e.